The predicted molar refractivity (Wildman–Crippen MR) is 108 cm³/mol. The Morgan fingerprint density at radius 1 is 1.17 bits per heavy atom. The van der Waals surface area contributed by atoms with Gasteiger partial charge in [0.15, 0.2) is 6.61 Å². The van der Waals surface area contributed by atoms with Crippen molar-refractivity contribution in [2.45, 2.75) is 23.8 Å². The van der Waals surface area contributed by atoms with Crippen LogP contribution >= 0.6 is 0 Å². The van der Waals surface area contributed by atoms with Gasteiger partial charge in [0.05, 0.1) is 23.8 Å². The molecule has 2 aromatic rings. The minimum Gasteiger partial charge on any atom is -0.497 e. The number of carbonyl (C=O) groups excluding carboxylic acids is 1. The van der Waals surface area contributed by atoms with Crippen LogP contribution in [0.2, 0.25) is 0 Å². The summed E-state index contributed by atoms with van der Waals surface area (Å²) in [6.45, 7) is 1.05. The fourth-order valence-electron chi connectivity index (χ4n) is 2.85. The summed E-state index contributed by atoms with van der Waals surface area (Å²) < 4.78 is 43.5. The lowest BCUT2D eigenvalue weighted by atomic mass is 10.2. The molecule has 9 heteroatoms. The normalized spacial score (nSPS) is 16.2. The first-order valence-corrected chi connectivity index (χ1v) is 10.7. The third-order valence-electron chi connectivity index (χ3n) is 4.38. The number of ether oxygens (including phenoxy) is 3. The van der Waals surface area contributed by atoms with E-state index in [1.54, 1.807) is 24.3 Å². The van der Waals surface area contributed by atoms with Crippen molar-refractivity contribution in [3.05, 3.63) is 48.5 Å². The molecule has 156 valence electrons. The number of anilines is 1. The fourth-order valence-corrected chi connectivity index (χ4v) is 3.90. The highest BCUT2D eigenvalue weighted by atomic mass is 32.2. The van der Waals surface area contributed by atoms with Crippen molar-refractivity contribution < 1.29 is 27.4 Å². The van der Waals surface area contributed by atoms with Crippen molar-refractivity contribution in [1.82, 2.24) is 5.32 Å². The molecule has 0 saturated carbocycles. The lowest BCUT2D eigenvalue weighted by molar-refractivity contribution is -0.123. The van der Waals surface area contributed by atoms with E-state index in [9.17, 15) is 13.2 Å². The molecule has 1 saturated heterocycles. The Balaban J connectivity index is 1.52. The summed E-state index contributed by atoms with van der Waals surface area (Å²) in [7, 11) is -2.25. The summed E-state index contributed by atoms with van der Waals surface area (Å²) >= 11 is 0. The number of hydrogen-bond donors (Lipinski definition) is 2. The van der Waals surface area contributed by atoms with E-state index in [0.29, 0.717) is 23.7 Å². The molecule has 8 nitrogen and oxygen atoms in total. The third kappa shape index (κ3) is 6.10. The van der Waals surface area contributed by atoms with E-state index >= 15 is 0 Å². The number of amides is 1. The predicted octanol–water partition coefficient (Wildman–Crippen LogP) is 2.17. The zero-order valence-electron chi connectivity index (χ0n) is 16.1. The van der Waals surface area contributed by atoms with Crippen molar-refractivity contribution in [1.29, 1.82) is 0 Å². The molecule has 1 heterocycles. The molecule has 1 atom stereocenters. The molecular weight excluding hydrogens is 396 g/mol. The Morgan fingerprint density at radius 3 is 2.66 bits per heavy atom. The maximum atomic E-state index is 12.5. The van der Waals surface area contributed by atoms with Gasteiger partial charge in [-0.25, -0.2) is 8.42 Å². The third-order valence-corrected chi connectivity index (χ3v) is 5.77. The van der Waals surface area contributed by atoms with Crippen molar-refractivity contribution in [3.63, 3.8) is 0 Å². The Morgan fingerprint density at radius 2 is 1.97 bits per heavy atom. The molecule has 2 aromatic carbocycles. The Hall–Kier alpha value is -2.78. The molecule has 0 spiro atoms. The SMILES string of the molecule is COc1cccc(NS(=O)(=O)c2ccc(OCC(=O)NC[C@H]3CCCO3)cc2)c1. The second-order valence-corrected chi connectivity index (χ2v) is 8.22. The van der Waals surface area contributed by atoms with Gasteiger partial charge in [-0.1, -0.05) is 6.07 Å². The Kier molecular flexibility index (Phi) is 6.95. The van der Waals surface area contributed by atoms with Gasteiger partial charge in [-0.2, -0.15) is 0 Å². The lowest BCUT2D eigenvalue weighted by Crippen LogP contribution is -2.35. The van der Waals surface area contributed by atoms with Crippen LogP contribution in [-0.2, 0) is 19.6 Å². The number of nitrogens with one attached hydrogen (secondary N) is 2. The van der Waals surface area contributed by atoms with Crippen LogP contribution in [-0.4, -0.2) is 47.3 Å². The molecule has 0 radical (unpaired) electrons. The first-order chi connectivity index (χ1) is 14.0. The van der Waals surface area contributed by atoms with E-state index in [1.807, 2.05) is 0 Å². The van der Waals surface area contributed by atoms with Crippen LogP contribution in [0.25, 0.3) is 0 Å². The zero-order chi connectivity index (χ0) is 20.7. The summed E-state index contributed by atoms with van der Waals surface area (Å²) in [6, 6.07) is 12.5. The van der Waals surface area contributed by atoms with Gasteiger partial charge in [-0.05, 0) is 49.2 Å². The number of hydrogen-bond acceptors (Lipinski definition) is 6. The van der Waals surface area contributed by atoms with Gasteiger partial charge in [0.25, 0.3) is 15.9 Å². The van der Waals surface area contributed by atoms with Crippen LogP contribution in [0.1, 0.15) is 12.8 Å². The second kappa shape index (κ2) is 9.62. The van der Waals surface area contributed by atoms with Crippen LogP contribution < -0.4 is 19.5 Å². The molecule has 1 fully saturated rings. The van der Waals surface area contributed by atoms with Crippen LogP contribution in [0.15, 0.2) is 53.4 Å². The number of sulfonamides is 1. The molecule has 0 bridgehead atoms. The van der Waals surface area contributed by atoms with E-state index in [0.717, 1.165) is 19.4 Å². The highest BCUT2D eigenvalue weighted by Gasteiger charge is 2.17. The monoisotopic (exact) mass is 420 g/mol. The molecule has 1 aliphatic rings. The first kappa shape index (κ1) is 20.9. The maximum Gasteiger partial charge on any atom is 0.261 e. The molecule has 1 aliphatic heterocycles. The zero-order valence-corrected chi connectivity index (χ0v) is 16.9. The molecule has 3 rings (SSSR count). The molecule has 0 aliphatic carbocycles. The van der Waals surface area contributed by atoms with Gasteiger partial charge in [0, 0.05) is 19.2 Å². The molecular formula is C20H24N2O6S. The van der Waals surface area contributed by atoms with Crippen molar-refractivity contribution in [2.24, 2.45) is 0 Å². The minimum atomic E-state index is -3.76. The molecule has 0 unspecified atom stereocenters. The van der Waals surface area contributed by atoms with Gasteiger partial charge < -0.3 is 19.5 Å². The van der Waals surface area contributed by atoms with E-state index in [4.69, 9.17) is 14.2 Å². The summed E-state index contributed by atoms with van der Waals surface area (Å²) in [5, 5.41) is 2.76. The van der Waals surface area contributed by atoms with E-state index < -0.39 is 10.0 Å². The van der Waals surface area contributed by atoms with Gasteiger partial charge in [-0.15, -0.1) is 0 Å². The Bertz CT molecular complexity index is 924. The molecule has 0 aromatic heterocycles. The van der Waals surface area contributed by atoms with E-state index in [2.05, 4.69) is 10.0 Å². The number of rotatable bonds is 9. The van der Waals surface area contributed by atoms with E-state index in [-0.39, 0.29) is 23.5 Å². The average Bonchev–Trinajstić information content (AvgIpc) is 3.24. The number of carbonyl (C=O) groups is 1. The summed E-state index contributed by atoms with van der Waals surface area (Å²) in [5.74, 6) is 0.696. The Labute approximate surface area is 170 Å². The quantitative estimate of drug-likeness (QED) is 0.645. The lowest BCUT2D eigenvalue weighted by Gasteiger charge is -2.12. The molecule has 29 heavy (non-hydrogen) atoms. The van der Waals surface area contributed by atoms with Crippen molar-refractivity contribution in [3.8, 4) is 11.5 Å². The van der Waals surface area contributed by atoms with Gasteiger partial charge in [-0.3, -0.25) is 9.52 Å². The van der Waals surface area contributed by atoms with E-state index in [1.165, 1.54) is 31.4 Å². The number of methoxy groups -OCH3 is 1. The minimum absolute atomic E-state index is 0.0699. The first-order valence-electron chi connectivity index (χ1n) is 9.24. The molecule has 1 amide bonds. The maximum absolute atomic E-state index is 12.5. The van der Waals surface area contributed by atoms with Crippen LogP contribution in [0.5, 0.6) is 11.5 Å². The van der Waals surface area contributed by atoms with Crippen molar-refractivity contribution >= 4 is 21.6 Å². The standard InChI is InChI=1S/C20H24N2O6S/c1-26-17-5-2-4-15(12-17)22-29(24,25)19-9-7-16(8-10-19)28-14-20(23)21-13-18-6-3-11-27-18/h2,4-5,7-10,12,18,22H,3,6,11,13-14H2,1H3,(H,21,23)/t18-/m1/s1. The smallest absolute Gasteiger partial charge is 0.261 e. The topological polar surface area (TPSA) is 103 Å². The average molecular weight is 420 g/mol. The van der Waals surface area contributed by atoms with Crippen LogP contribution in [0, 0.1) is 0 Å². The van der Waals surface area contributed by atoms with Crippen LogP contribution in [0.3, 0.4) is 0 Å². The van der Waals surface area contributed by atoms with Gasteiger partial charge >= 0.3 is 0 Å². The molecule has 2 N–H and O–H groups in total. The largest absolute Gasteiger partial charge is 0.497 e. The van der Waals surface area contributed by atoms with Crippen LogP contribution in [0.4, 0.5) is 5.69 Å². The summed E-state index contributed by atoms with van der Waals surface area (Å²) in [4.78, 5) is 11.9. The van der Waals surface area contributed by atoms with Crippen molar-refractivity contribution in [2.75, 3.05) is 31.6 Å². The van der Waals surface area contributed by atoms with Gasteiger partial charge in [0.2, 0.25) is 0 Å². The highest BCUT2D eigenvalue weighted by Crippen LogP contribution is 2.22. The summed E-state index contributed by atoms with van der Waals surface area (Å²) in [5.41, 5.74) is 0.396. The summed E-state index contributed by atoms with van der Waals surface area (Å²) in [6.07, 6.45) is 2.03. The second-order valence-electron chi connectivity index (χ2n) is 6.54. The highest BCUT2D eigenvalue weighted by molar-refractivity contribution is 7.92. The fraction of sp³-hybridized carbons (Fsp3) is 0.350. The van der Waals surface area contributed by atoms with Gasteiger partial charge in [0.1, 0.15) is 11.5 Å². The number of benzene rings is 2.